The molecule has 2 aromatic heterocycles. The Kier molecular flexibility index (Phi) is 5.19. The van der Waals surface area contributed by atoms with E-state index in [1.54, 1.807) is 26.2 Å². The van der Waals surface area contributed by atoms with Crippen molar-refractivity contribution >= 4 is 17.5 Å². The van der Waals surface area contributed by atoms with Crippen LogP contribution in [-0.2, 0) is 0 Å². The lowest BCUT2D eigenvalue weighted by Crippen LogP contribution is -2.34. The molecule has 132 valence electrons. The molecule has 0 fully saturated rings. The van der Waals surface area contributed by atoms with Gasteiger partial charge in [0.2, 0.25) is 0 Å². The molecule has 2 heterocycles. The fourth-order valence-electron chi connectivity index (χ4n) is 2.89. The summed E-state index contributed by atoms with van der Waals surface area (Å²) >= 11 is 6.21. The van der Waals surface area contributed by atoms with E-state index >= 15 is 0 Å². The smallest absolute Gasteiger partial charge is 0.261 e. The fourth-order valence-corrected chi connectivity index (χ4v) is 3.03. The summed E-state index contributed by atoms with van der Waals surface area (Å²) in [6.45, 7) is 3.37. The van der Waals surface area contributed by atoms with E-state index in [9.17, 15) is 9.59 Å². The molecule has 26 heavy (non-hydrogen) atoms. The summed E-state index contributed by atoms with van der Waals surface area (Å²) in [5, 5.41) is 3.33. The van der Waals surface area contributed by atoms with E-state index in [0.717, 1.165) is 11.1 Å². The normalized spacial score (nSPS) is 11.8. The first-order chi connectivity index (χ1) is 12.5. The standard InChI is InChI=1S/C20H18ClN3O2/c1-12-16(19(25)23-13(2)17(12)21)20(26)24-18(14-6-4-3-5-7-14)15-8-10-22-11-9-15/h3-11,18H,1-2H3,(H,23,25)(H,24,26)/t18-/m1/s1. The molecule has 1 amide bonds. The summed E-state index contributed by atoms with van der Waals surface area (Å²) in [7, 11) is 0. The minimum atomic E-state index is -0.476. The van der Waals surface area contributed by atoms with Crippen molar-refractivity contribution in [2.75, 3.05) is 0 Å². The van der Waals surface area contributed by atoms with E-state index in [4.69, 9.17) is 11.6 Å². The number of rotatable bonds is 4. The van der Waals surface area contributed by atoms with Gasteiger partial charge in [0.25, 0.3) is 11.5 Å². The molecule has 2 N–H and O–H groups in total. The van der Waals surface area contributed by atoms with Gasteiger partial charge in [0.05, 0.1) is 11.1 Å². The number of aromatic nitrogens is 2. The minimum absolute atomic E-state index is 0.0237. The molecule has 0 bridgehead atoms. The van der Waals surface area contributed by atoms with Gasteiger partial charge in [0.15, 0.2) is 0 Å². The number of nitrogens with zero attached hydrogens (tertiary/aromatic N) is 1. The lowest BCUT2D eigenvalue weighted by atomic mass is 9.99. The molecule has 0 saturated carbocycles. The lowest BCUT2D eigenvalue weighted by Gasteiger charge is -2.20. The van der Waals surface area contributed by atoms with E-state index in [2.05, 4.69) is 15.3 Å². The van der Waals surface area contributed by atoms with E-state index in [-0.39, 0.29) is 5.56 Å². The van der Waals surface area contributed by atoms with Crippen LogP contribution in [0.4, 0.5) is 0 Å². The Bertz CT molecular complexity index is 946. The van der Waals surface area contributed by atoms with Gasteiger partial charge in [-0.15, -0.1) is 0 Å². The molecule has 0 unspecified atom stereocenters. The van der Waals surface area contributed by atoms with Gasteiger partial charge in [-0.2, -0.15) is 0 Å². The number of hydrogen-bond donors (Lipinski definition) is 2. The van der Waals surface area contributed by atoms with Crippen LogP contribution in [0.1, 0.15) is 38.8 Å². The molecule has 0 aliphatic carbocycles. The summed E-state index contributed by atoms with van der Waals surface area (Å²) < 4.78 is 0. The van der Waals surface area contributed by atoms with Crippen molar-refractivity contribution in [1.29, 1.82) is 0 Å². The average molecular weight is 368 g/mol. The van der Waals surface area contributed by atoms with Crippen molar-refractivity contribution in [1.82, 2.24) is 15.3 Å². The molecule has 1 aromatic carbocycles. The van der Waals surface area contributed by atoms with Gasteiger partial charge >= 0.3 is 0 Å². The largest absolute Gasteiger partial charge is 0.341 e. The second-order valence-electron chi connectivity index (χ2n) is 5.99. The Morgan fingerprint density at radius 2 is 1.69 bits per heavy atom. The van der Waals surface area contributed by atoms with Crippen LogP contribution in [-0.4, -0.2) is 15.9 Å². The lowest BCUT2D eigenvalue weighted by molar-refractivity contribution is 0.0940. The summed E-state index contributed by atoms with van der Waals surface area (Å²) in [6.07, 6.45) is 3.33. The molecule has 6 heteroatoms. The van der Waals surface area contributed by atoms with Gasteiger partial charge in [-0.1, -0.05) is 41.9 Å². The highest BCUT2D eigenvalue weighted by Crippen LogP contribution is 2.23. The van der Waals surface area contributed by atoms with Gasteiger partial charge in [0.1, 0.15) is 5.56 Å². The molecule has 0 saturated heterocycles. The number of H-pyrrole nitrogens is 1. The predicted octanol–water partition coefficient (Wildman–Crippen LogP) is 3.56. The molecule has 0 radical (unpaired) electrons. The molecular weight excluding hydrogens is 350 g/mol. The van der Waals surface area contributed by atoms with E-state index < -0.39 is 17.5 Å². The topological polar surface area (TPSA) is 74.8 Å². The Morgan fingerprint density at radius 3 is 2.35 bits per heavy atom. The number of nitrogens with one attached hydrogen (secondary N) is 2. The number of amides is 1. The molecule has 3 aromatic rings. The highest BCUT2D eigenvalue weighted by molar-refractivity contribution is 6.32. The molecule has 5 nitrogen and oxygen atoms in total. The maximum absolute atomic E-state index is 12.9. The van der Waals surface area contributed by atoms with Gasteiger partial charge in [-0.3, -0.25) is 14.6 Å². The Morgan fingerprint density at radius 1 is 1.08 bits per heavy atom. The summed E-state index contributed by atoms with van der Waals surface area (Å²) in [5.74, 6) is -0.476. The Hall–Kier alpha value is -2.92. The number of aryl methyl sites for hydroxylation is 1. The average Bonchev–Trinajstić information content (AvgIpc) is 2.65. The first-order valence-electron chi connectivity index (χ1n) is 8.13. The van der Waals surface area contributed by atoms with Crippen LogP contribution < -0.4 is 10.9 Å². The van der Waals surface area contributed by atoms with Crippen LogP contribution >= 0.6 is 11.6 Å². The summed E-state index contributed by atoms with van der Waals surface area (Å²) in [4.78, 5) is 31.9. The van der Waals surface area contributed by atoms with Crippen LogP contribution in [0.25, 0.3) is 0 Å². The van der Waals surface area contributed by atoms with Crippen molar-refractivity contribution in [3.8, 4) is 0 Å². The molecular formula is C20H18ClN3O2. The third kappa shape index (κ3) is 3.53. The molecule has 1 atom stereocenters. The maximum Gasteiger partial charge on any atom is 0.261 e. The van der Waals surface area contributed by atoms with Gasteiger partial charge < -0.3 is 10.3 Å². The van der Waals surface area contributed by atoms with Crippen LogP contribution in [0.15, 0.2) is 59.7 Å². The molecule has 3 rings (SSSR count). The van der Waals surface area contributed by atoms with Crippen LogP contribution in [0.2, 0.25) is 5.02 Å². The second kappa shape index (κ2) is 7.54. The number of aromatic amines is 1. The van der Waals surface area contributed by atoms with Crippen molar-refractivity contribution in [2.45, 2.75) is 19.9 Å². The zero-order valence-electron chi connectivity index (χ0n) is 14.4. The zero-order chi connectivity index (χ0) is 18.7. The second-order valence-corrected chi connectivity index (χ2v) is 6.37. The van der Waals surface area contributed by atoms with Crippen LogP contribution in [0.3, 0.4) is 0 Å². The fraction of sp³-hybridized carbons (Fsp3) is 0.150. The number of carbonyl (C=O) groups is 1. The van der Waals surface area contributed by atoms with Crippen LogP contribution in [0.5, 0.6) is 0 Å². The highest BCUT2D eigenvalue weighted by atomic mass is 35.5. The zero-order valence-corrected chi connectivity index (χ0v) is 15.2. The molecule has 0 spiro atoms. The number of benzene rings is 1. The predicted molar refractivity (Wildman–Crippen MR) is 102 cm³/mol. The number of carbonyl (C=O) groups excluding carboxylic acids is 1. The Labute approximate surface area is 156 Å². The summed E-state index contributed by atoms with van der Waals surface area (Å²) in [6, 6.07) is 12.8. The van der Waals surface area contributed by atoms with Crippen molar-refractivity contribution in [2.24, 2.45) is 0 Å². The minimum Gasteiger partial charge on any atom is -0.341 e. The first kappa shape index (κ1) is 17.9. The van der Waals surface area contributed by atoms with E-state index in [0.29, 0.717) is 16.3 Å². The van der Waals surface area contributed by atoms with Crippen molar-refractivity contribution < 1.29 is 4.79 Å². The third-order valence-electron chi connectivity index (χ3n) is 4.24. The molecule has 0 aliphatic heterocycles. The van der Waals surface area contributed by atoms with Gasteiger partial charge in [0, 0.05) is 18.1 Å². The van der Waals surface area contributed by atoms with Gasteiger partial charge in [-0.25, -0.2) is 0 Å². The quantitative estimate of drug-likeness (QED) is 0.740. The highest BCUT2D eigenvalue weighted by Gasteiger charge is 2.22. The monoisotopic (exact) mass is 367 g/mol. The number of halogens is 1. The van der Waals surface area contributed by atoms with Gasteiger partial charge in [-0.05, 0) is 42.7 Å². The number of hydrogen-bond acceptors (Lipinski definition) is 3. The SMILES string of the molecule is Cc1[nH]c(=O)c(C(=O)N[C@H](c2ccccc2)c2ccncc2)c(C)c1Cl. The summed E-state index contributed by atoms with van der Waals surface area (Å²) in [5.41, 5.74) is 2.34. The Balaban J connectivity index is 2.02. The van der Waals surface area contributed by atoms with Crippen molar-refractivity contribution in [3.05, 3.63) is 98.2 Å². The van der Waals surface area contributed by atoms with Crippen LogP contribution in [0, 0.1) is 13.8 Å². The van der Waals surface area contributed by atoms with Crippen molar-refractivity contribution in [3.63, 3.8) is 0 Å². The first-order valence-corrected chi connectivity index (χ1v) is 8.51. The third-order valence-corrected chi connectivity index (χ3v) is 4.80. The van der Waals surface area contributed by atoms with E-state index in [1.165, 1.54) is 0 Å². The molecule has 0 aliphatic rings. The van der Waals surface area contributed by atoms with E-state index in [1.807, 2.05) is 42.5 Å². The number of pyridine rings is 2. The maximum atomic E-state index is 12.9.